The smallest absolute Gasteiger partial charge is 0.411 e. The average molecular weight is 446 g/mol. The number of hydrogen-bond donors (Lipinski definition) is 2. The molecule has 2 amide bonds. The van der Waals surface area contributed by atoms with Gasteiger partial charge in [-0.05, 0) is 64.5 Å². The third-order valence-corrected chi connectivity index (χ3v) is 5.60. The molecule has 32 heavy (non-hydrogen) atoms. The molecule has 2 heterocycles. The number of nitrogens with zero attached hydrogens (tertiary/aromatic N) is 3. The van der Waals surface area contributed by atoms with Crippen LogP contribution >= 0.6 is 0 Å². The third kappa shape index (κ3) is 5.09. The highest BCUT2D eigenvalue weighted by Gasteiger charge is 2.45. The summed E-state index contributed by atoms with van der Waals surface area (Å²) in [5, 5.41) is 9.96. The predicted molar refractivity (Wildman–Crippen MR) is 120 cm³/mol. The van der Waals surface area contributed by atoms with Crippen LogP contribution in [-0.4, -0.2) is 58.7 Å². The molecular weight excluding hydrogens is 413 g/mol. The minimum Gasteiger partial charge on any atom is -0.445 e. The number of likely N-dealkylation sites (N-methyl/N-ethyl adjacent to an activating group) is 1. The first kappa shape index (κ1) is 23.7. The van der Waals surface area contributed by atoms with Crippen molar-refractivity contribution >= 4 is 17.8 Å². The van der Waals surface area contributed by atoms with Crippen LogP contribution in [0.4, 0.5) is 15.0 Å². The largest absolute Gasteiger partial charge is 0.445 e. The molecule has 2 N–H and O–H groups in total. The summed E-state index contributed by atoms with van der Waals surface area (Å²) >= 11 is 0. The number of fused-ring (bicyclic) bond motifs is 1. The summed E-state index contributed by atoms with van der Waals surface area (Å²) in [6.45, 7) is 8.92. The number of H-pyrrole nitrogens is 1. The molecule has 1 aromatic heterocycles. The van der Waals surface area contributed by atoms with Crippen molar-refractivity contribution in [1.29, 1.82) is 0 Å². The van der Waals surface area contributed by atoms with Crippen LogP contribution in [0.15, 0.2) is 24.3 Å². The quantitative estimate of drug-likeness (QED) is 0.673. The molecular formula is C23H32FN5O3. The lowest BCUT2D eigenvalue weighted by Crippen LogP contribution is -2.44. The van der Waals surface area contributed by atoms with Crippen LogP contribution < -0.4 is 5.32 Å². The fourth-order valence-electron chi connectivity index (χ4n) is 3.99. The number of aromatic nitrogens is 2. The van der Waals surface area contributed by atoms with E-state index in [0.29, 0.717) is 23.8 Å². The summed E-state index contributed by atoms with van der Waals surface area (Å²) in [5.74, 6) is -0.0708. The van der Waals surface area contributed by atoms with E-state index < -0.39 is 23.4 Å². The van der Waals surface area contributed by atoms with E-state index in [4.69, 9.17) is 4.74 Å². The molecule has 0 radical (unpaired) electrons. The van der Waals surface area contributed by atoms with Gasteiger partial charge >= 0.3 is 6.09 Å². The lowest BCUT2D eigenvalue weighted by atomic mass is 10.0. The molecule has 3 rings (SSSR count). The van der Waals surface area contributed by atoms with Crippen LogP contribution in [0.3, 0.4) is 0 Å². The molecule has 0 bridgehead atoms. The van der Waals surface area contributed by atoms with Gasteiger partial charge < -0.3 is 15.0 Å². The van der Waals surface area contributed by atoms with Gasteiger partial charge in [0.15, 0.2) is 5.82 Å². The summed E-state index contributed by atoms with van der Waals surface area (Å²) in [6, 6.07) is 5.27. The lowest BCUT2D eigenvalue weighted by Gasteiger charge is -2.33. The minimum atomic E-state index is -0.682. The van der Waals surface area contributed by atoms with E-state index in [0.717, 1.165) is 17.7 Å². The summed E-state index contributed by atoms with van der Waals surface area (Å²) in [7, 11) is 3.90. The first-order chi connectivity index (χ1) is 15.0. The second-order valence-corrected chi connectivity index (χ2v) is 9.43. The Hall–Kier alpha value is -2.94. The number of anilines is 1. The summed E-state index contributed by atoms with van der Waals surface area (Å²) < 4.78 is 19.0. The van der Waals surface area contributed by atoms with Crippen LogP contribution in [0.1, 0.15) is 55.7 Å². The number of hydrogen-bond acceptors (Lipinski definition) is 5. The lowest BCUT2D eigenvalue weighted by molar-refractivity contribution is 0.0195. The molecule has 9 heteroatoms. The molecule has 1 aliphatic rings. The number of halogens is 1. The summed E-state index contributed by atoms with van der Waals surface area (Å²) in [4.78, 5) is 29.3. The zero-order valence-electron chi connectivity index (χ0n) is 19.5. The highest BCUT2D eigenvalue weighted by molar-refractivity contribution is 6.04. The summed E-state index contributed by atoms with van der Waals surface area (Å²) in [6.07, 6.45) is 0.148. The van der Waals surface area contributed by atoms with Gasteiger partial charge in [0, 0.05) is 17.7 Å². The first-order valence-corrected chi connectivity index (χ1v) is 10.8. The second-order valence-electron chi connectivity index (χ2n) is 9.43. The van der Waals surface area contributed by atoms with Gasteiger partial charge in [0.25, 0.3) is 5.91 Å². The predicted octanol–water partition coefficient (Wildman–Crippen LogP) is 3.96. The van der Waals surface area contributed by atoms with Crippen LogP contribution in [0.25, 0.3) is 0 Å². The number of aromatic amines is 1. The highest BCUT2D eigenvalue weighted by atomic mass is 19.1. The molecule has 174 valence electrons. The van der Waals surface area contributed by atoms with Crippen molar-refractivity contribution in [3.8, 4) is 0 Å². The Bertz CT molecular complexity index is 959. The maximum Gasteiger partial charge on any atom is 0.411 e. The van der Waals surface area contributed by atoms with Crippen LogP contribution in [0, 0.1) is 11.7 Å². The van der Waals surface area contributed by atoms with E-state index in [-0.39, 0.29) is 12.6 Å². The SMILES string of the molecule is CC(C)CC(CN(C)C)OC(=O)N1Cc2c(NC(=O)c3ccc(F)cc3)n[nH]c2C1(C)C. The monoisotopic (exact) mass is 445 g/mol. The Morgan fingerprint density at radius 1 is 1.28 bits per heavy atom. The standard InChI is InChI=1S/C23H32FN5O3/c1-14(2)11-17(12-28(5)6)32-22(31)29-13-18-19(23(29,3)4)26-27-20(18)25-21(30)15-7-9-16(24)10-8-15/h7-10,14,17H,11-13H2,1-6H3,(H2,25,26,27,30). The Morgan fingerprint density at radius 3 is 2.53 bits per heavy atom. The van der Waals surface area contributed by atoms with E-state index in [2.05, 4.69) is 29.4 Å². The van der Waals surface area contributed by atoms with E-state index >= 15 is 0 Å². The Kier molecular flexibility index (Phi) is 6.88. The van der Waals surface area contributed by atoms with Gasteiger partial charge in [-0.1, -0.05) is 13.8 Å². The summed E-state index contributed by atoms with van der Waals surface area (Å²) in [5.41, 5.74) is 1.11. The molecule has 0 saturated carbocycles. The van der Waals surface area contributed by atoms with Crippen molar-refractivity contribution in [2.24, 2.45) is 5.92 Å². The molecule has 0 spiro atoms. The van der Waals surface area contributed by atoms with E-state index in [1.165, 1.54) is 24.3 Å². The average Bonchev–Trinajstić information content (AvgIpc) is 3.19. The number of benzene rings is 1. The first-order valence-electron chi connectivity index (χ1n) is 10.8. The van der Waals surface area contributed by atoms with Gasteiger partial charge in [-0.25, -0.2) is 9.18 Å². The number of amides is 2. The van der Waals surface area contributed by atoms with Crippen LogP contribution in [-0.2, 0) is 16.8 Å². The number of rotatable bonds is 7. The van der Waals surface area contributed by atoms with Crippen LogP contribution in [0.2, 0.25) is 0 Å². The molecule has 0 fully saturated rings. The highest BCUT2D eigenvalue weighted by Crippen LogP contribution is 2.41. The molecule has 0 saturated heterocycles. The van der Waals surface area contributed by atoms with Crippen molar-refractivity contribution in [2.75, 3.05) is 26.0 Å². The third-order valence-electron chi connectivity index (χ3n) is 5.60. The molecule has 1 unspecified atom stereocenters. The molecule has 1 aromatic carbocycles. The number of carbonyl (C=O) groups is 2. The fourth-order valence-corrected chi connectivity index (χ4v) is 3.99. The molecule has 1 atom stereocenters. The number of ether oxygens (including phenoxy) is 1. The zero-order chi connectivity index (χ0) is 23.6. The fraction of sp³-hybridized carbons (Fsp3) is 0.522. The second kappa shape index (κ2) is 9.28. The molecule has 2 aromatic rings. The minimum absolute atomic E-state index is 0.219. The van der Waals surface area contributed by atoms with E-state index in [1.54, 1.807) is 4.90 Å². The van der Waals surface area contributed by atoms with Crippen molar-refractivity contribution in [2.45, 2.75) is 52.3 Å². The molecule has 8 nitrogen and oxygen atoms in total. The Labute approximate surface area is 188 Å². The van der Waals surface area contributed by atoms with Gasteiger partial charge in [-0.3, -0.25) is 14.8 Å². The molecule has 1 aliphatic heterocycles. The van der Waals surface area contributed by atoms with Gasteiger partial charge in [0.05, 0.1) is 17.8 Å². The van der Waals surface area contributed by atoms with Crippen LogP contribution in [0.5, 0.6) is 0 Å². The zero-order valence-corrected chi connectivity index (χ0v) is 19.5. The topological polar surface area (TPSA) is 90.6 Å². The van der Waals surface area contributed by atoms with Gasteiger partial charge in [-0.15, -0.1) is 0 Å². The van der Waals surface area contributed by atoms with E-state index in [1.807, 2.05) is 32.8 Å². The molecule has 0 aliphatic carbocycles. The van der Waals surface area contributed by atoms with Crippen molar-refractivity contribution < 1.29 is 18.7 Å². The van der Waals surface area contributed by atoms with Gasteiger partial charge in [0.2, 0.25) is 0 Å². The maximum absolute atomic E-state index is 13.1. The van der Waals surface area contributed by atoms with Gasteiger partial charge in [-0.2, -0.15) is 5.10 Å². The van der Waals surface area contributed by atoms with Crippen molar-refractivity contribution in [3.63, 3.8) is 0 Å². The maximum atomic E-state index is 13.1. The van der Waals surface area contributed by atoms with E-state index in [9.17, 15) is 14.0 Å². The van der Waals surface area contributed by atoms with Crippen molar-refractivity contribution in [1.82, 2.24) is 20.0 Å². The Balaban J connectivity index is 1.75. The normalized spacial score (nSPS) is 15.7. The van der Waals surface area contributed by atoms with Crippen molar-refractivity contribution in [3.05, 3.63) is 46.9 Å². The number of nitrogens with one attached hydrogen (secondary N) is 2. The number of carbonyl (C=O) groups excluding carboxylic acids is 2. The van der Waals surface area contributed by atoms with Gasteiger partial charge in [0.1, 0.15) is 11.9 Å². The Morgan fingerprint density at radius 2 is 1.94 bits per heavy atom.